The van der Waals surface area contributed by atoms with Crippen molar-refractivity contribution in [1.82, 2.24) is 5.32 Å². The zero-order chi connectivity index (χ0) is 15.3. The number of alkyl halides is 1. The molecular weight excluding hydrogens is 286 g/mol. The second-order valence-electron chi connectivity index (χ2n) is 6.08. The summed E-state index contributed by atoms with van der Waals surface area (Å²) in [5.74, 6) is 1.14. The second-order valence-corrected chi connectivity index (χ2v) is 6.35. The summed E-state index contributed by atoms with van der Waals surface area (Å²) in [6.07, 6.45) is 5.88. The van der Waals surface area contributed by atoms with Gasteiger partial charge in [0.1, 0.15) is 5.75 Å². The Morgan fingerprint density at radius 3 is 2.67 bits per heavy atom. The van der Waals surface area contributed by atoms with E-state index in [4.69, 9.17) is 16.3 Å². The van der Waals surface area contributed by atoms with Crippen LogP contribution in [0.4, 0.5) is 0 Å². The molecule has 0 radical (unpaired) electrons. The van der Waals surface area contributed by atoms with Gasteiger partial charge in [0, 0.05) is 17.8 Å². The fourth-order valence-corrected chi connectivity index (χ4v) is 3.38. The predicted molar refractivity (Wildman–Crippen MR) is 86.3 cm³/mol. The van der Waals surface area contributed by atoms with Gasteiger partial charge in [-0.1, -0.05) is 30.9 Å². The molecule has 3 nitrogen and oxygen atoms in total. The number of hydrogen-bond donors (Lipinski definition) is 1. The Kier molecular flexibility index (Phi) is 5.51. The maximum Gasteiger partial charge on any atom is 0.255 e. The number of halogens is 1. The molecule has 1 fully saturated rings. The number of hydrogen-bond acceptors (Lipinski definition) is 2. The van der Waals surface area contributed by atoms with Crippen molar-refractivity contribution in [2.45, 2.75) is 39.0 Å². The van der Waals surface area contributed by atoms with Crippen molar-refractivity contribution in [3.63, 3.8) is 0 Å². The van der Waals surface area contributed by atoms with Crippen LogP contribution in [0.5, 0.6) is 5.75 Å². The molecule has 0 aromatic heterocycles. The number of benzene rings is 1. The van der Waals surface area contributed by atoms with Crippen LogP contribution in [0.15, 0.2) is 18.2 Å². The number of rotatable bonds is 5. The van der Waals surface area contributed by atoms with E-state index in [2.05, 4.69) is 5.32 Å². The van der Waals surface area contributed by atoms with Gasteiger partial charge in [0.05, 0.1) is 12.7 Å². The summed E-state index contributed by atoms with van der Waals surface area (Å²) in [5, 5.41) is 3.06. The highest BCUT2D eigenvalue weighted by atomic mass is 35.5. The van der Waals surface area contributed by atoms with E-state index in [-0.39, 0.29) is 11.3 Å². The summed E-state index contributed by atoms with van der Waals surface area (Å²) in [5.41, 5.74) is 1.70. The first-order valence-corrected chi connectivity index (χ1v) is 8.12. The molecule has 1 aliphatic rings. The fraction of sp³-hybridized carbons (Fsp3) is 0.588. The lowest BCUT2D eigenvalue weighted by atomic mass is 9.75. The van der Waals surface area contributed by atoms with E-state index >= 15 is 0 Å². The summed E-state index contributed by atoms with van der Waals surface area (Å²) in [7, 11) is 1.59. The van der Waals surface area contributed by atoms with E-state index < -0.39 is 0 Å². The second kappa shape index (κ2) is 7.17. The lowest BCUT2D eigenvalue weighted by Gasteiger charge is -2.35. The molecule has 1 aromatic rings. The zero-order valence-corrected chi connectivity index (χ0v) is 13.6. The van der Waals surface area contributed by atoms with Crippen LogP contribution < -0.4 is 10.1 Å². The van der Waals surface area contributed by atoms with Crippen LogP contribution in [0.3, 0.4) is 0 Å². The van der Waals surface area contributed by atoms with Gasteiger partial charge in [-0.25, -0.2) is 0 Å². The molecule has 0 spiro atoms. The van der Waals surface area contributed by atoms with Gasteiger partial charge in [0.2, 0.25) is 0 Å². The van der Waals surface area contributed by atoms with Gasteiger partial charge in [-0.2, -0.15) is 0 Å². The Balaban J connectivity index is 2.06. The number of carbonyl (C=O) groups is 1. The topological polar surface area (TPSA) is 38.3 Å². The molecule has 1 aliphatic carbocycles. The van der Waals surface area contributed by atoms with Crippen LogP contribution >= 0.6 is 11.6 Å². The third-order valence-electron chi connectivity index (χ3n) is 4.42. The quantitative estimate of drug-likeness (QED) is 0.837. The summed E-state index contributed by atoms with van der Waals surface area (Å²) in [6.45, 7) is 2.62. The SMILES string of the molecule is COc1ccc(C)cc1C(=O)NCC1(CCl)CCCCC1. The third kappa shape index (κ3) is 3.91. The van der Waals surface area contributed by atoms with Crippen LogP contribution in [0.2, 0.25) is 0 Å². The lowest BCUT2D eigenvalue weighted by Crippen LogP contribution is -2.40. The molecule has 4 heteroatoms. The summed E-state index contributed by atoms with van der Waals surface area (Å²) >= 11 is 6.17. The molecule has 0 saturated heterocycles. The average Bonchev–Trinajstić information content (AvgIpc) is 2.53. The Morgan fingerprint density at radius 1 is 1.33 bits per heavy atom. The minimum atomic E-state index is -0.0781. The van der Waals surface area contributed by atoms with E-state index in [9.17, 15) is 4.79 Å². The molecule has 116 valence electrons. The van der Waals surface area contributed by atoms with Crippen LogP contribution in [-0.4, -0.2) is 25.4 Å². The van der Waals surface area contributed by atoms with Gasteiger partial charge < -0.3 is 10.1 Å². The van der Waals surface area contributed by atoms with Gasteiger partial charge in [0.25, 0.3) is 5.91 Å². The monoisotopic (exact) mass is 309 g/mol. The Morgan fingerprint density at radius 2 is 2.05 bits per heavy atom. The van der Waals surface area contributed by atoms with Gasteiger partial charge in [0.15, 0.2) is 0 Å². The predicted octanol–water partition coefficient (Wildman–Crippen LogP) is 3.92. The van der Waals surface area contributed by atoms with Crippen molar-refractivity contribution >= 4 is 17.5 Å². The molecule has 0 heterocycles. The smallest absolute Gasteiger partial charge is 0.255 e. The molecule has 1 amide bonds. The molecule has 0 atom stereocenters. The Hall–Kier alpha value is -1.22. The highest BCUT2D eigenvalue weighted by Crippen LogP contribution is 2.36. The number of carbonyl (C=O) groups excluding carboxylic acids is 1. The minimum absolute atomic E-state index is 0.0620. The molecule has 0 bridgehead atoms. The number of ether oxygens (including phenoxy) is 1. The number of amides is 1. The first kappa shape index (κ1) is 16.2. The van der Waals surface area contributed by atoms with Gasteiger partial charge in [-0.3, -0.25) is 4.79 Å². The van der Waals surface area contributed by atoms with Gasteiger partial charge >= 0.3 is 0 Å². The van der Waals surface area contributed by atoms with Crippen LogP contribution in [0, 0.1) is 12.3 Å². The number of aryl methyl sites for hydroxylation is 1. The molecule has 0 unspecified atom stereocenters. The van der Waals surface area contributed by atoms with E-state index in [0.29, 0.717) is 23.7 Å². The maximum absolute atomic E-state index is 12.4. The number of methoxy groups -OCH3 is 1. The molecule has 1 saturated carbocycles. The van der Waals surface area contributed by atoms with E-state index in [1.807, 2.05) is 25.1 Å². The largest absolute Gasteiger partial charge is 0.496 e. The molecule has 1 aromatic carbocycles. The zero-order valence-electron chi connectivity index (χ0n) is 12.9. The number of nitrogens with one attached hydrogen (secondary N) is 1. The standard InChI is InChI=1S/C17H24ClNO2/c1-13-6-7-15(21-2)14(10-13)16(20)19-12-17(11-18)8-4-3-5-9-17/h6-7,10H,3-5,8-9,11-12H2,1-2H3,(H,19,20). The minimum Gasteiger partial charge on any atom is -0.496 e. The molecule has 2 rings (SSSR count). The van der Waals surface area contributed by atoms with Crippen LogP contribution in [0.25, 0.3) is 0 Å². The average molecular weight is 310 g/mol. The highest BCUT2D eigenvalue weighted by Gasteiger charge is 2.31. The fourth-order valence-electron chi connectivity index (χ4n) is 3.02. The summed E-state index contributed by atoms with van der Waals surface area (Å²) < 4.78 is 5.28. The Bertz CT molecular complexity index is 496. The van der Waals surface area contributed by atoms with Crippen LogP contribution in [-0.2, 0) is 0 Å². The Labute approximate surface area is 132 Å². The molecule has 0 aliphatic heterocycles. The third-order valence-corrected chi connectivity index (χ3v) is 4.99. The van der Waals surface area contributed by atoms with Crippen molar-refractivity contribution in [2.24, 2.45) is 5.41 Å². The van der Waals surface area contributed by atoms with E-state index in [1.54, 1.807) is 7.11 Å². The first-order valence-electron chi connectivity index (χ1n) is 7.59. The van der Waals surface area contributed by atoms with E-state index in [0.717, 1.165) is 18.4 Å². The van der Waals surface area contributed by atoms with E-state index in [1.165, 1.54) is 19.3 Å². The first-order chi connectivity index (χ1) is 10.1. The highest BCUT2D eigenvalue weighted by molar-refractivity contribution is 6.18. The van der Waals surface area contributed by atoms with Gasteiger partial charge in [-0.05, 0) is 31.9 Å². The molecule has 1 N–H and O–H groups in total. The summed E-state index contributed by atoms with van der Waals surface area (Å²) in [4.78, 5) is 12.4. The molecular formula is C17H24ClNO2. The van der Waals surface area contributed by atoms with Crippen molar-refractivity contribution in [3.8, 4) is 5.75 Å². The summed E-state index contributed by atoms with van der Waals surface area (Å²) in [6, 6.07) is 5.64. The van der Waals surface area contributed by atoms with Crippen molar-refractivity contribution in [2.75, 3.05) is 19.5 Å². The maximum atomic E-state index is 12.4. The van der Waals surface area contributed by atoms with Crippen LogP contribution in [0.1, 0.15) is 48.0 Å². The van der Waals surface area contributed by atoms with Gasteiger partial charge in [-0.15, -0.1) is 11.6 Å². The van der Waals surface area contributed by atoms with Crippen molar-refractivity contribution < 1.29 is 9.53 Å². The lowest BCUT2D eigenvalue weighted by molar-refractivity contribution is 0.0918. The van der Waals surface area contributed by atoms with Crippen molar-refractivity contribution in [3.05, 3.63) is 29.3 Å². The molecule has 21 heavy (non-hydrogen) atoms. The normalized spacial score (nSPS) is 17.3. The van der Waals surface area contributed by atoms with Crippen molar-refractivity contribution in [1.29, 1.82) is 0 Å².